The van der Waals surface area contributed by atoms with Gasteiger partial charge in [0.15, 0.2) is 0 Å². The molecule has 7 nitrogen and oxygen atoms in total. The maximum absolute atomic E-state index is 12.9. The second kappa shape index (κ2) is 8.86. The maximum Gasteiger partial charge on any atom is 0.379 e. The number of nitrogens with one attached hydrogen (secondary N) is 1. The minimum Gasteiger partial charge on any atom is -0.508 e. The van der Waals surface area contributed by atoms with E-state index in [9.17, 15) is 14.7 Å². The molecule has 0 spiro atoms. The number of ether oxygens (including phenoxy) is 1. The summed E-state index contributed by atoms with van der Waals surface area (Å²) in [5.74, 6) is 0.347. The van der Waals surface area contributed by atoms with Crippen LogP contribution < -0.4 is 10.2 Å². The van der Waals surface area contributed by atoms with Gasteiger partial charge in [-0.05, 0) is 66.9 Å². The predicted octanol–water partition coefficient (Wildman–Crippen LogP) is 5.14. The van der Waals surface area contributed by atoms with Crippen LogP contribution in [-0.2, 0) is 6.42 Å². The number of benzene rings is 3. The summed E-state index contributed by atoms with van der Waals surface area (Å²) in [6.45, 7) is 1.79. The molecule has 0 bridgehead atoms. The molecule has 4 aromatic rings. The van der Waals surface area contributed by atoms with Crippen LogP contribution in [-0.4, -0.2) is 22.7 Å². The Bertz CT molecular complexity index is 1430. The molecule has 1 heterocycles. The Morgan fingerprint density at radius 1 is 1.00 bits per heavy atom. The van der Waals surface area contributed by atoms with Crippen LogP contribution in [0.3, 0.4) is 0 Å². The zero-order chi connectivity index (χ0) is 23.7. The lowest BCUT2D eigenvalue weighted by atomic mass is 9.93. The molecule has 0 saturated carbocycles. The highest BCUT2D eigenvalue weighted by Gasteiger charge is 2.29. The summed E-state index contributed by atoms with van der Waals surface area (Å²) < 4.78 is 11.5. The number of nitrogens with zero attached hydrogens (tertiary/aromatic N) is 1. The van der Waals surface area contributed by atoms with Crippen LogP contribution in [0.15, 0.2) is 76.2 Å². The summed E-state index contributed by atoms with van der Waals surface area (Å²) in [6, 6.07) is 19.2. The minimum atomic E-state index is -0.574. The molecule has 0 atom stereocenters. The third-order valence-electron chi connectivity index (χ3n) is 5.86. The summed E-state index contributed by atoms with van der Waals surface area (Å²) in [6.07, 6.45) is 2.10. The molecule has 2 N–H and O–H groups in total. The molecule has 34 heavy (non-hydrogen) atoms. The second-order valence-corrected chi connectivity index (χ2v) is 8.15. The molecule has 0 saturated heterocycles. The summed E-state index contributed by atoms with van der Waals surface area (Å²) in [5.41, 5.74) is 4.97. The molecule has 1 aliphatic rings. The number of fused-ring (bicyclic) bond motifs is 2. The smallest absolute Gasteiger partial charge is 0.379 e. The maximum atomic E-state index is 12.9. The van der Waals surface area contributed by atoms with Crippen molar-refractivity contribution in [2.75, 3.05) is 0 Å². The van der Waals surface area contributed by atoms with Gasteiger partial charge in [-0.1, -0.05) is 30.3 Å². The number of esters is 1. The lowest BCUT2D eigenvalue weighted by Crippen LogP contribution is -2.22. The van der Waals surface area contributed by atoms with Crippen LogP contribution in [0, 0.1) is 6.92 Å². The lowest BCUT2D eigenvalue weighted by molar-refractivity contribution is 0.0698. The number of aromatic hydroxyl groups is 1. The first-order valence-electron chi connectivity index (χ1n) is 11.0. The van der Waals surface area contributed by atoms with Gasteiger partial charge in [-0.2, -0.15) is 5.10 Å². The van der Waals surface area contributed by atoms with E-state index in [0.29, 0.717) is 41.2 Å². The van der Waals surface area contributed by atoms with Gasteiger partial charge in [0.1, 0.15) is 17.3 Å². The standard InChI is InChI=1S/C27H22N2O5/c1-16-24-22(28-29-26(31)18-9-12-20(30)13-10-18)7-4-8-23(24)34-25(16)27(32)33-21-14-11-17-5-2-3-6-19(17)15-21/h2-3,5-6,9-15,30H,4,7-8H2,1H3,(H,29,31)/b28-22+. The van der Waals surface area contributed by atoms with Crippen molar-refractivity contribution in [2.24, 2.45) is 5.10 Å². The first kappa shape index (κ1) is 21.5. The van der Waals surface area contributed by atoms with Crippen LogP contribution in [0.25, 0.3) is 10.8 Å². The number of hydrogen-bond acceptors (Lipinski definition) is 6. The Balaban J connectivity index is 1.37. The zero-order valence-electron chi connectivity index (χ0n) is 18.5. The summed E-state index contributed by atoms with van der Waals surface area (Å²) in [5, 5.41) is 15.7. The number of rotatable bonds is 4. The highest BCUT2D eigenvalue weighted by atomic mass is 16.5. The Morgan fingerprint density at radius 2 is 1.76 bits per heavy atom. The second-order valence-electron chi connectivity index (χ2n) is 8.15. The number of phenols is 1. The van der Waals surface area contributed by atoms with E-state index in [4.69, 9.17) is 9.15 Å². The van der Waals surface area contributed by atoms with Crippen LogP contribution in [0.5, 0.6) is 11.5 Å². The van der Waals surface area contributed by atoms with Crippen LogP contribution in [0.4, 0.5) is 0 Å². The predicted molar refractivity (Wildman–Crippen MR) is 127 cm³/mol. The van der Waals surface area contributed by atoms with Gasteiger partial charge in [-0.3, -0.25) is 4.79 Å². The van der Waals surface area contributed by atoms with Crippen LogP contribution >= 0.6 is 0 Å². The number of furan rings is 1. The first-order valence-corrected chi connectivity index (χ1v) is 11.0. The Hall–Kier alpha value is -4.39. The zero-order valence-corrected chi connectivity index (χ0v) is 18.5. The molecule has 1 amide bonds. The van der Waals surface area contributed by atoms with E-state index in [1.807, 2.05) is 36.4 Å². The number of amides is 1. The van der Waals surface area contributed by atoms with Gasteiger partial charge in [0.2, 0.25) is 5.76 Å². The third kappa shape index (κ3) is 4.15. The van der Waals surface area contributed by atoms with Crippen molar-refractivity contribution in [1.29, 1.82) is 0 Å². The molecule has 5 rings (SSSR count). The van der Waals surface area contributed by atoms with Crippen molar-refractivity contribution >= 4 is 28.4 Å². The van der Waals surface area contributed by atoms with Crippen molar-refractivity contribution in [3.63, 3.8) is 0 Å². The summed E-state index contributed by atoms with van der Waals surface area (Å²) in [4.78, 5) is 25.3. The fraction of sp³-hybridized carbons (Fsp3) is 0.148. The van der Waals surface area contributed by atoms with Crippen molar-refractivity contribution in [2.45, 2.75) is 26.2 Å². The highest BCUT2D eigenvalue weighted by molar-refractivity contribution is 6.07. The van der Waals surface area contributed by atoms with Crippen molar-refractivity contribution in [3.05, 3.63) is 94.9 Å². The Labute approximate surface area is 195 Å². The van der Waals surface area contributed by atoms with Crippen molar-refractivity contribution < 1.29 is 23.8 Å². The molecular formula is C27H22N2O5. The normalized spacial score (nSPS) is 14.1. The number of hydrogen-bond donors (Lipinski definition) is 2. The van der Waals surface area contributed by atoms with Crippen LogP contribution in [0.2, 0.25) is 0 Å². The third-order valence-corrected chi connectivity index (χ3v) is 5.86. The van der Waals surface area contributed by atoms with E-state index >= 15 is 0 Å². The molecule has 7 heteroatoms. The molecule has 0 fully saturated rings. The van der Waals surface area contributed by atoms with E-state index in [0.717, 1.165) is 22.8 Å². The van der Waals surface area contributed by atoms with E-state index in [1.54, 1.807) is 13.0 Å². The monoisotopic (exact) mass is 454 g/mol. The number of aryl methyl sites for hydroxylation is 1. The van der Waals surface area contributed by atoms with Gasteiger partial charge < -0.3 is 14.3 Å². The highest BCUT2D eigenvalue weighted by Crippen LogP contribution is 2.31. The van der Waals surface area contributed by atoms with E-state index in [-0.39, 0.29) is 11.5 Å². The SMILES string of the molecule is Cc1c(C(=O)Oc2ccc3ccccc3c2)oc2c1/C(=N/NC(=O)c1ccc(O)cc1)CCC2. The van der Waals surface area contributed by atoms with Crippen molar-refractivity contribution in [1.82, 2.24) is 5.43 Å². The number of carbonyl (C=O) groups excluding carboxylic acids is 2. The molecule has 1 aliphatic carbocycles. The molecular weight excluding hydrogens is 432 g/mol. The fourth-order valence-corrected chi connectivity index (χ4v) is 4.15. The van der Waals surface area contributed by atoms with Gasteiger partial charge in [-0.15, -0.1) is 0 Å². The molecule has 0 radical (unpaired) electrons. The van der Waals surface area contributed by atoms with Gasteiger partial charge in [0, 0.05) is 23.1 Å². The quantitative estimate of drug-likeness (QED) is 0.253. The first-order chi connectivity index (χ1) is 16.5. The van der Waals surface area contributed by atoms with Gasteiger partial charge in [0.25, 0.3) is 5.91 Å². The Kier molecular flexibility index (Phi) is 5.59. The molecule has 3 aromatic carbocycles. The number of carbonyl (C=O) groups is 2. The molecule has 0 unspecified atom stereocenters. The topological polar surface area (TPSA) is 101 Å². The average Bonchev–Trinajstić information content (AvgIpc) is 3.20. The van der Waals surface area contributed by atoms with E-state index in [1.165, 1.54) is 24.3 Å². The van der Waals surface area contributed by atoms with Gasteiger partial charge >= 0.3 is 5.97 Å². The van der Waals surface area contributed by atoms with Crippen molar-refractivity contribution in [3.8, 4) is 11.5 Å². The molecule has 1 aromatic heterocycles. The summed E-state index contributed by atoms with van der Waals surface area (Å²) in [7, 11) is 0. The average molecular weight is 454 g/mol. The number of hydrazone groups is 1. The van der Waals surface area contributed by atoms with E-state index < -0.39 is 11.9 Å². The minimum absolute atomic E-state index is 0.0805. The Morgan fingerprint density at radius 3 is 2.56 bits per heavy atom. The van der Waals surface area contributed by atoms with Gasteiger partial charge in [0.05, 0.1) is 5.71 Å². The largest absolute Gasteiger partial charge is 0.508 e. The lowest BCUT2D eigenvalue weighted by Gasteiger charge is -2.13. The molecule has 170 valence electrons. The fourth-order valence-electron chi connectivity index (χ4n) is 4.15. The molecule has 0 aliphatic heterocycles. The van der Waals surface area contributed by atoms with Crippen LogP contribution in [0.1, 0.15) is 50.6 Å². The number of phenolic OH excluding ortho intramolecular Hbond substituents is 1. The van der Waals surface area contributed by atoms with Gasteiger partial charge in [-0.25, -0.2) is 10.2 Å². The summed E-state index contributed by atoms with van der Waals surface area (Å²) >= 11 is 0. The van der Waals surface area contributed by atoms with E-state index in [2.05, 4.69) is 10.5 Å².